The van der Waals surface area contributed by atoms with Crippen molar-refractivity contribution in [2.45, 2.75) is 22.2 Å². The zero-order chi connectivity index (χ0) is 10.8. The molecule has 0 aromatic rings. The predicted octanol–water partition coefficient (Wildman–Crippen LogP) is 3.00. The van der Waals surface area contributed by atoms with Gasteiger partial charge in [-0.05, 0) is 41.3 Å². The molecule has 88 valence electrons. The van der Waals surface area contributed by atoms with Crippen LogP contribution in [-0.2, 0) is 0 Å². The van der Waals surface area contributed by atoms with Crippen LogP contribution < -0.4 is 0 Å². The number of rotatable bonds is 5. The Morgan fingerprint density at radius 3 is 1.87 bits per heavy atom. The van der Waals surface area contributed by atoms with Crippen molar-refractivity contribution in [3.63, 3.8) is 0 Å². The fraction of sp³-hybridized carbons (Fsp3) is 1.00. The number of thiol groups is 3. The van der Waals surface area contributed by atoms with Gasteiger partial charge < -0.3 is 0 Å². The Labute approximate surface area is 118 Å². The van der Waals surface area contributed by atoms with E-state index in [1.807, 2.05) is 23.5 Å². The van der Waals surface area contributed by atoms with Gasteiger partial charge in [0.05, 0.1) is 0 Å². The smallest absolute Gasteiger partial charge is 0.0178 e. The second-order valence-corrected chi connectivity index (χ2v) is 8.53. The van der Waals surface area contributed by atoms with Gasteiger partial charge in [0.2, 0.25) is 0 Å². The first-order chi connectivity index (χ1) is 7.18. The maximum Gasteiger partial charge on any atom is 0.0178 e. The van der Waals surface area contributed by atoms with Crippen LogP contribution in [-0.4, -0.2) is 38.8 Å². The van der Waals surface area contributed by atoms with Gasteiger partial charge in [0.1, 0.15) is 0 Å². The van der Waals surface area contributed by atoms with E-state index in [2.05, 4.69) is 0 Å². The van der Waals surface area contributed by atoms with Gasteiger partial charge in [-0.15, -0.1) is 0 Å². The lowest BCUT2D eigenvalue weighted by molar-refractivity contribution is 0.513. The summed E-state index contributed by atoms with van der Waals surface area (Å²) >= 11 is 18.2. The lowest BCUT2D eigenvalue weighted by atomic mass is 9.98. The average Bonchev–Trinajstić information content (AvgIpc) is 1.96. The van der Waals surface area contributed by atoms with Crippen LogP contribution in [0.5, 0.6) is 0 Å². The van der Waals surface area contributed by atoms with Crippen molar-refractivity contribution in [3.8, 4) is 0 Å². The Morgan fingerprint density at radius 2 is 1.47 bits per heavy atom. The molecule has 3 atom stereocenters. The highest BCUT2D eigenvalue weighted by atomic mass is 32.2. The molecule has 2 aliphatic heterocycles. The number of hydrogen-bond donors (Lipinski definition) is 3. The molecule has 3 unspecified atom stereocenters. The summed E-state index contributed by atoms with van der Waals surface area (Å²) in [5.74, 6) is 6.77. The van der Waals surface area contributed by atoms with Crippen LogP contribution in [0.25, 0.3) is 0 Å². The van der Waals surface area contributed by atoms with Crippen molar-refractivity contribution in [1.29, 1.82) is 0 Å². The zero-order valence-corrected chi connectivity index (χ0v) is 12.9. The Kier molecular flexibility index (Phi) is 5.34. The largest absolute Gasteiger partial charge is 0.176 e. The highest BCUT2D eigenvalue weighted by Gasteiger charge is 2.33. The maximum atomic E-state index is 4.71. The molecule has 5 heteroatoms. The average molecular weight is 299 g/mol. The van der Waals surface area contributed by atoms with E-state index >= 15 is 0 Å². The summed E-state index contributed by atoms with van der Waals surface area (Å²) in [5.41, 5.74) is 0. The summed E-state index contributed by atoms with van der Waals surface area (Å²) in [6.45, 7) is 0. The van der Waals surface area contributed by atoms with Crippen molar-refractivity contribution in [2.75, 3.05) is 23.0 Å². The van der Waals surface area contributed by atoms with Gasteiger partial charge in [0.15, 0.2) is 0 Å². The van der Waals surface area contributed by atoms with Crippen LogP contribution in [0.2, 0.25) is 0 Å². The third-order valence-electron chi connectivity index (χ3n) is 3.23. The first-order valence-electron chi connectivity index (χ1n) is 5.38. The van der Waals surface area contributed by atoms with Gasteiger partial charge in [-0.1, -0.05) is 0 Å². The summed E-state index contributed by atoms with van der Waals surface area (Å²) in [6.07, 6.45) is 1.12. The normalized spacial score (nSPS) is 29.0. The first-order valence-corrected chi connectivity index (χ1v) is 9.24. The first kappa shape index (κ1) is 13.2. The molecule has 0 aromatic carbocycles. The molecule has 0 radical (unpaired) electrons. The Morgan fingerprint density at radius 1 is 0.933 bits per heavy atom. The van der Waals surface area contributed by atoms with Crippen molar-refractivity contribution in [2.24, 2.45) is 11.8 Å². The van der Waals surface area contributed by atoms with Gasteiger partial charge in [-0.2, -0.15) is 61.4 Å². The van der Waals surface area contributed by atoms with Crippen molar-refractivity contribution < 1.29 is 0 Å². The predicted molar refractivity (Wildman–Crippen MR) is 84.6 cm³/mol. The molecule has 0 saturated carbocycles. The van der Waals surface area contributed by atoms with E-state index in [9.17, 15) is 0 Å². The topological polar surface area (TPSA) is 0 Å². The molecule has 0 nitrogen and oxygen atoms in total. The molecule has 2 aliphatic rings. The SMILES string of the molecule is SC(CC(S)C(S)C1CSC1)C1CSC1. The molecule has 0 spiro atoms. The third-order valence-corrected chi connectivity index (χ3v) is 8.07. The number of thioether (sulfide) groups is 2. The molecule has 2 heterocycles. The summed E-state index contributed by atoms with van der Waals surface area (Å²) in [5, 5.41) is 1.43. The lowest BCUT2D eigenvalue weighted by Gasteiger charge is -2.36. The van der Waals surface area contributed by atoms with E-state index in [1.54, 1.807) is 0 Å². The summed E-state index contributed by atoms with van der Waals surface area (Å²) in [4.78, 5) is 0. The molecule has 2 rings (SSSR count). The molecule has 0 bridgehead atoms. The Bertz CT molecular complexity index is 202. The van der Waals surface area contributed by atoms with Gasteiger partial charge in [-0.25, -0.2) is 0 Å². The molecular weight excluding hydrogens is 280 g/mol. The standard InChI is InChI=1S/C10H18S5/c11-8(6-2-14-3-6)1-9(12)10(13)7-4-15-5-7/h6-13H,1-5H2. The van der Waals surface area contributed by atoms with E-state index < -0.39 is 0 Å². The highest BCUT2D eigenvalue weighted by molar-refractivity contribution is 8.01. The van der Waals surface area contributed by atoms with Crippen LogP contribution in [0.15, 0.2) is 0 Å². The Balaban J connectivity index is 1.72. The lowest BCUT2D eigenvalue weighted by Crippen LogP contribution is -2.37. The molecular formula is C10H18S5. The fourth-order valence-corrected chi connectivity index (χ4v) is 5.69. The second-order valence-electron chi connectivity index (χ2n) is 4.46. The highest BCUT2D eigenvalue weighted by Crippen LogP contribution is 2.37. The van der Waals surface area contributed by atoms with E-state index in [4.69, 9.17) is 37.9 Å². The fourth-order valence-electron chi connectivity index (χ4n) is 1.82. The van der Waals surface area contributed by atoms with E-state index in [-0.39, 0.29) is 0 Å². The number of hydrogen-bond acceptors (Lipinski definition) is 5. The van der Waals surface area contributed by atoms with Crippen LogP contribution >= 0.6 is 61.4 Å². The summed E-state index contributed by atoms with van der Waals surface area (Å²) < 4.78 is 0. The Hall–Kier alpha value is 1.75. The van der Waals surface area contributed by atoms with Crippen LogP contribution in [0, 0.1) is 11.8 Å². The van der Waals surface area contributed by atoms with Gasteiger partial charge in [0.25, 0.3) is 0 Å². The minimum Gasteiger partial charge on any atom is -0.176 e. The van der Waals surface area contributed by atoms with E-state index in [0.717, 1.165) is 18.3 Å². The summed E-state index contributed by atoms with van der Waals surface area (Å²) in [7, 11) is 0. The molecule has 0 amide bonds. The minimum absolute atomic E-state index is 0.423. The molecule has 0 aromatic heterocycles. The van der Waals surface area contributed by atoms with Crippen molar-refractivity contribution >= 4 is 61.4 Å². The quantitative estimate of drug-likeness (QED) is 0.668. The van der Waals surface area contributed by atoms with E-state index in [0.29, 0.717) is 15.7 Å². The van der Waals surface area contributed by atoms with Gasteiger partial charge in [0, 0.05) is 15.7 Å². The molecule has 2 fully saturated rings. The summed E-state index contributed by atoms with van der Waals surface area (Å²) in [6, 6.07) is 0. The molecule has 0 aliphatic carbocycles. The zero-order valence-electron chi connectivity index (χ0n) is 8.58. The minimum atomic E-state index is 0.423. The maximum absolute atomic E-state index is 4.71. The van der Waals surface area contributed by atoms with Gasteiger partial charge in [-0.3, -0.25) is 0 Å². The van der Waals surface area contributed by atoms with Crippen molar-refractivity contribution in [1.82, 2.24) is 0 Å². The second kappa shape index (κ2) is 6.07. The van der Waals surface area contributed by atoms with Crippen LogP contribution in [0.4, 0.5) is 0 Å². The van der Waals surface area contributed by atoms with Crippen LogP contribution in [0.3, 0.4) is 0 Å². The molecule has 2 saturated heterocycles. The molecule has 15 heavy (non-hydrogen) atoms. The van der Waals surface area contributed by atoms with Crippen molar-refractivity contribution in [3.05, 3.63) is 0 Å². The van der Waals surface area contributed by atoms with E-state index in [1.165, 1.54) is 23.0 Å². The molecule has 0 N–H and O–H groups in total. The monoisotopic (exact) mass is 298 g/mol. The van der Waals surface area contributed by atoms with Gasteiger partial charge >= 0.3 is 0 Å². The van der Waals surface area contributed by atoms with Crippen LogP contribution in [0.1, 0.15) is 6.42 Å². The third kappa shape index (κ3) is 3.36.